The van der Waals surface area contributed by atoms with Crippen molar-refractivity contribution in [1.82, 2.24) is 5.32 Å². The Bertz CT molecular complexity index is 338. The zero-order valence-corrected chi connectivity index (χ0v) is 10.2. The number of carbonyl (C=O) groups is 1. The third kappa shape index (κ3) is 4.87. The molecule has 0 aliphatic rings. The topological polar surface area (TPSA) is 58.6 Å². The molecule has 1 aromatic rings. The van der Waals surface area contributed by atoms with Crippen molar-refractivity contribution in [2.75, 3.05) is 0 Å². The normalized spacial score (nSPS) is 13.8. The summed E-state index contributed by atoms with van der Waals surface area (Å²) in [4.78, 5) is 11.4. The Hall–Kier alpha value is -1.55. The second kappa shape index (κ2) is 6.91. The molecule has 94 valence electrons. The maximum Gasteiger partial charge on any atom is 0.407 e. The van der Waals surface area contributed by atoms with Crippen LogP contribution in [0, 0.1) is 0 Å². The number of ether oxygens (including phenoxy) is 1. The van der Waals surface area contributed by atoms with Crippen LogP contribution in [0.5, 0.6) is 0 Å². The van der Waals surface area contributed by atoms with Crippen LogP contribution in [0.4, 0.5) is 4.79 Å². The van der Waals surface area contributed by atoms with Crippen molar-refractivity contribution in [2.24, 2.45) is 0 Å². The molecule has 2 N–H and O–H groups in total. The van der Waals surface area contributed by atoms with Crippen molar-refractivity contribution in [3.8, 4) is 0 Å². The summed E-state index contributed by atoms with van der Waals surface area (Å²) in [6.07, 6.45) is -0.413. The third-order valence-electron chi connectivity index (χ3n) is 2.54. The van der Waals surface area contributed by atoms with Gasteiger partial charge in [0.25, 0.3) is 0 Å². The van der Waals surface area contributed by atoms with E-state index in [4.69, 9.17) is 4.74 Å². The summed E-state index contributed by atoms with van der Waals surface area (Å²) in [5.41, 5.74) is 0.938. The van der Waals surface area contributed by atoms with Crippen molar-refractivity contribution >= 4 is 6.09 Å². The van der Waals surface area contributed by atoms with Crippen LogP contribution in [0.15, 0.2) is 30.3 Å². The van der Waals surface area contributed by atoms with E-state index in [1.165, 1.54) is 0 Å². The fraction of sp³-hybridized carbons (Fsp3) is 0.462. The van der Waals surface area contributed by atoms with Gasteiger partial charge in [0.2, 0.25) is 0 Å². The Labute approximate surface area is 102 Å². The van der Waals surface area contributed by atoms with Crippen LogP contribution >= 0.6 is 0 Å². The second-order valence-corrected chi connectivity index (χ2v) is 3.96. The van der Waals surface area contributed by atoms with Gasteiger partial charge in [0.1, 0.15) is 6.61 Å². The van der Waals surface area contributed by atoms with E-state index in [-0.39, 0.29) is 12.6 Å². The molecule has 0 bridgehead atoms. The minimum atomic E-state index is -0.579. The van der Waals surface area contributed by atoms with Crippen molar-refractivity contribution in [2.45, 2.75) is 39.0 Å². The van der Waals surface area contributed by atoms with Gasteiger partial charge in [0.05, 0.1) is 12.1 Å². The van der Waals surface area contributed by atoms with E-state index in [0.29, 0.717) is 6.42 Å². The molecule has 0 spiro atoms. The van der Waals surface area contributed by atoms with Crippen LogP contribution < -0.4 is 5.32 Å². The summed E-state index contributed by atoms with van der Waals surface area (Å²) in [6.45, 7) is 3.78. The average Bonchev–Trinajstić information content (AvgIpc) is 2.34. The van der Waals surface area contributed by atoms with Crippen LogP contribution in [0.2, 0.25) is 0 Å². The lowest BCUT2D eigenvalue weighted by atomic mass is 10.1. The molecule has 2 unspecified atom stereocenters. The third-order valence-corrected chi connectivity index (χ3v) is 2.54. The SMILES string of the molecule is CCC(NC(=O)OCc1ccccc1)C(C)O. The second-order valence-electron chi connectivity index (χ2n) is 3.96. The maximum absolute atomic E-state index is 11.4. The highest BCUT2D eigenvalue weighted by molar-refractivity contribution is 5.67. The number of amides is 1. The summed E-state index contributed by atoms with van der Waals surface area (Å²) in [6, 6.07) is 9.20. The summed E-state index contributed by atoms with van der Waals surface area (Å²) in [5, 5.41) is 12.0. The van der Waals surface area contributed by atoms with Gasteiger partial charge in [-0.05, 0) is 18.9 Å². The molecule has 4 heteroatoms. The quantitative estimate of drug-likeness (QED) is 0.824. The van der Waals surface area contributed by atoms with Gasteiger partial charge in [-0.2, -0.15) is 0 Å². The van der Waals surface area contributed by atoms with E-state index in [9.17, 15) is 9.90 Å². The Morgan fingerprint density at radius 3 is 2.59 bits per heavy atom. The number of hydrogen-bond acceptors (Lipinski definition) is 3. The highest BCUT2D eigenvalue weighted by atomic mass is 16.5. The first-order chi connectivity index (χ1) is 8.13. The smallest absolute Gasteiger partial charge is 0.407 e. The predicted octanol–water partition coefficient (Wildman–Crippen LogP) is 2.07. The van der Waals surface area contributed by atoms with E-state index >= 15 is 0 Å². The number of aliphatic hydroxyl groups excluding tert-OH is 1. The molecule has 0 saturated heterocycles. The number of hydrogen-bond donors (Lipinski definition) is 2. The van der Waals surface area contributed by atoms with Gasteiger partial charge in [0, 0.05) is 0 Å². The van der Waals surface area contributed by atoms with E-state index in [2.05, 4.69) is 5.32 Å². The van der Waals surface area contributed by atoms with Crippen LogP contribution in [0.25, 0.3) is 0 Å². The minimum Gasteiger partial charge on any atom is -0.445 e. The lowest BCUT2D eigenvalue weighted by Crippen LogP contribution is -2.41. The zero-order chi connectivity index (χ0) is 12.7. The summed E-state index contributed by atoms with van der Waals surface area (Å²) in [7, 11) is 0. The van der Waals surface area contributed by atoms with Gasteiger partial charge in [-0.15, -0.1) is 0 Å². The first kappa shape index (κ1) is 13.5. The van der Waals surface area contributed by atoms with Crippen LogP contribution in [-0.2, 0) is 11.3 Å². The fourth-order valence-corrected chi connectivity index (χ4v) is 1.48. The van der Waals surface area contributed by atoms with Crippen molar-refractivity contribution in [3.63, 3.8) is 0 Å². The molecule has 17 heavy (non-hydrogen) atoms. The first-order valence-electron chi connectivity index (χ1n) is 5.78. The predicted molar refractivity (Wildman–Crippen MR) is 65.5 cm³/mol. The van der Waals surface area contributed by atoms with Gasteiger partial charge < -0.3 is 15.2 Å². The largest absolute Gasteiger partial charge is 0.445 e. The Morgan fingerprint density at radius 2 is 2.06 bits per heavy atom. The molecule has 0 fully saturated rings. The van der Waals surface area contributed by atoms with Crippen molar-refractivity contribution in [1.29, 1.82) is 0 Å². The van der Waals surface area contributed by atoms with Gasteiger partial charge in [-0.3, -0.25) is 0 Å². The molecule has 0 heterocycles. The number of rotatable bonds is 5. The molecular weight excluding hydrogens is 218 g/mol. The Kier molecular flexibility index (Phi) is 5.49. The summed E-state index contributed by atoms with van der Waals surface area (Å²) >= 11 is 0. The van der Waals surface area contributed by atoms with Gasteiger partial charge >= 0.3 is 6.09 Å². The van der Waals surface area contributed by atoms with Gasteiger partial charge in [-0.25, -0.2) is 4.79 Å². The van der Waals surface area contributed by atoms with E-state index < -0.39 is 12.2 Å². The molecule has 0 aromatic heterocycles. The summed E-state index contributed by atoms with van der Waals surface area (Å²) in [5.74, 6) is 0. The van der Waals surface area contributed by atoms with Crippen LogP contribution in [-0.4, -0.2) is 23.3 Å². The molecule has 1 aromatic carbocycles. The van der Waals surface area contributed by atoms with Gasteiger partial charge in [-0.1, -0.05) is 37.3 Å². The number of nitrogens with one attached hydrogen (secondary N) is 1. The van der Waals surface area contributed by atoms with Crippen LogP contribution in [0.3, 0.4) is 0 Å². The minimum absolute atomic E-state index is 0.239. The standard InChI is InChI=1S/C13H19NO3/c1-3-12(10(2)15)14-13(16)17-9-11-7-5-4-6-8-11/h4-8,10,12,15H,3,9H2,1-2H3,(H,14,16). The molecule has 1 rings (SSSR count). The molecule has 4 nitrogen and oxygen atoms in total. The number of carbonyl (C=O) groups excluding carboxylic acids is 1. The fourth-order valence-electron chi connectivity index (χ4n) is 1.48. The maximum atomic E-state index is 11.4. The van der Waals surface area contributed by atoms with E-state index in [0.717, 1.165) is 5.56 Å². The molecule has 0 aliphatic heterocycles. The Morgan fingerprint density at radius 1 is 1.41 bits per heavy atom. The Balaban J connectivity index is 2.35. The lowest BCUT2D eigenvalue weighted by molar-refractivity contribution is 0.108. The molecule has 1 amide bonds. The highest BCUT2D eigenvalue weighted by Crippen LogP contribution is 2.02. The molecule has 0 saturated carbocycles. The average molecular weight is 237 g/mol. The van der Waals surface area contributed by atoms with Crippen LogP contribution in [0.1, 0.15) is 25.8 Å². The summed E-state index contributed by atoms with van der Waals surface area (Å²) < 4.78 is 5.05. The number of benzene rings is 1. The monoisotopic (exact) mass is 237 g/mol. The molecular formula is C13H19NO3. The molecule has 0 radical (unpaired) electrons. The lowest BCUT2D eigenvalue weighted by Gasteiger charge is -2.19. The number of alkyl carbamates (subject to hydrolysis) is 1. The van der Waals surface area contributed by atoms with E-state index in [1.807, 2.05) is 37.3 Å². The number of aliphatic hydroxyl groups is 1. The van der Waals surface area contributed by atoms with Crippen molar-refractivity contribution in [3.05, 3.63) is 35.9 Å². The zero-order valence-electron chi connectivity index (χ0n) is 10.2. The highest BCUT2D eigenvalue weighted by Gasteiger charge is 2.15. The van der Waals surface area contributed by atoms with Gasteiger partial charge in [0.15, 0.2) is 0 Å². The van der Waals surface area contributed by atoms with E-state index in [1.54, 1.807) is 6.92 Å². The van der Waals surface area contributed by atoms with Crippen molar-refractivity contribution < 1.29 is 14.6 Å². The molecule has 2 atom stereocenters. The molecule has 0 aliphatic carbocycles. The first-order valence-corrected chi connectivity index (χ1v) is 5.78.